The van der Waals surface area contributed by atoms with Crippen LogP contribution in [0.4, 0.5) is 11.6 Å². The fourth-order valence-corrected chi connectivity index (χ4v) is 2.07. The number of halogens is 2. The topological polar surface area (TPSA) is 90.1 Å². The summed E-state index contributed by atoms with van der Waals surface area (Å²) in [5.74, 6) is -0.103. The van der Waals surface area contributed by atoms with Crippen molar-refractivity contribution < 1.29 is 9.53 Å². The van der Waals surface area contributed by atoms with Gasteiger partial charge in [-0.25, -0.2) is 4.98 Å². The van der Waals surface area contributed by atoms with E-state index >= 15 is 0 Å². The molecule has 0 unspecified atom stereocenters. The highest BCUT2D eigenvalue weighted by molar-refractivity contribution is 9.10. The lowest BCUT2D eigenvalue weighted by atomic mass is 10.2. The summed E-state index contributed by atoms with van der Waals surface area (Å²) in [5, 5.41) is 2.70. The minimum atomic E-state index is -0.409. The number of ether oxygens (including phenoxy) is 1. The second-order valence-electron chi connectivity index (χ2n) is 3.72. The number of rotatable bonds is 3. The molecule has 0 bridgehead atoms. The Bertz CT molecular complexity index is 666. The number of hydrogen-bond acceptors (Lipinski definition) is 5. The van der Waals surface area contributed by atoms with Crippen molar-refractivity contribution in [3.8, 4) is 5.88 Å². The molecule has 0 saturated heterocycles. The van der Waals surface area contributed by atoms with Crippen molar-refractivity contribution in [1.29, 1.82) is 0 Å². The first kappa shape index (κ1) is 14.5. The molecule has 20 heavy (non-hydrogen) atoms. The van der Waals surface area contributed by atoms with Crippen molar-refractivity contribution in [2.75, 3.05) is 18.2 Å². The van der Waals surface area contributed by atoms with Crippen LogP contribution >= 0.6 is 27.5 Å². The predicted molar refractivity (Wildman–Crippen MR) is 80.1 cm³/mol. The number of nitrogen functional groups attached to an aromatic ring is 1. The number of carbonyl (C=O) groups excluding carboxylic acids is 1. The van der Waals surface area contributed by atoms with Gasteiger partial charge in [0.15, 0.2) is 0 Å². The molecule has 0 fully saturated rings. The number of carbonyl (C=O) groups is 1. The van der Waals surface area contributed by atoms with Crippen molar-refractivity contribution in [1.82, 2.24) is 9.97 Å². The maximum Gasteiger partial charge on any atom is 0.259 e. The van der Waals surface area contributed by atoms with Crippen LogP contribution in [0.15, 0.2) is 28.7 Å². The van der Waals surface area contributed by atoms with Crippen molar-refractivity contribution >= 4 is 45.1 Å². The van der Waals surface area contributed by atoms with E-state index in [-0.39, 0.29) is 17.0 Å². The first-order chi connectivity index (χ1) is 9.51. The Balaban J connectivity index is 2.28. The summed E-state index contributed by atoms with van der Waals surface area (Å²) in [5.41, 5.74) is 6.55. The first-order valence-electron chi connectivity index (χ1n) is 5.45. The van der Waals surface area contributed by atoms with Crippen LogP contribution in [-0.4, -0.2) is 23.0 Å². The molecule has 1 amide bonds. The molecule has 104 valence electrons. The van der Waals surface area contributed by atoms with E-state index in [0.717, 1.165) is 0 Å². The maximum absolute atomic E-state index is 12.1. The third-order valence-corrected chi connectivity index (χ3v) is 3.46. The molecule has 1 heterocycles. The van der Waals surface area contributed by atoms with E-state index in [1.54, 1.807) is 18.2 Å². The molecule has 0 aliphatic heterocycles. The van der Waals surface area contributed by atoms with Crippen LogP contribution in [0.3, 0.4) is 0 Å². The molecule has 0 atom stereocenters. The Labute approximate surface area is 128 Å². The molecule has 8 heteroatoms. The third-order valence-electron chi connectivity index (χ3n) is 2.38. The predicted octanol–water partition coefficient (Wildman–Crippen LogP) is 2.74. The number of aromatic nitrogens is 2. The summed E-state index contributed by atoms with van der Waals surface area (Å²) in [7, 11) is 1.44. The number of nitrogens with one attached hydrogen (secondary N) is 1. The number of nitrogens with zero attached hydrogens (tertiary/aromatic N) is 2. The van der Waals surface area contributed by atoms with Crippen LogP contribution in [0.5, 0.6) is 5.88 Å². The Hall–Kier alpha value is -1.86. The first-order valence-corrected chi connectivity index (χ1v) is 6.62. The van der Waals surface area contributed by atoms with Gasteiger partial charge in [0.25, 0.3) is 5.91 Å². The number of benzene rings is 1. The van der Waals surface area contributed by atoms with Crippen molar-refractivity contribution in [2.24, 2.45) is 0 Å². The highest BCUT2D eigenvalue weighted by Gasteiger charge is 2.14. The minimum absolute atomic E-state index is 0.0497. The molecule has 2 rings (SSSR count). The second-order valence-corrected chi connectivity index (χ2v) is 4.90. The van der Waals surface area contributed by atoms with Crippen LogP contribution in [0.25, 0.3) is 0 Å². The molecule has 2 aromatic rings. The number of anilines is 2. The number of hydrogen-bond donors (Lipinski definition) is 2. The Kier molecular flexibility index (Phi) is 4.41. The van der Waals surface area contributed by atoms with E-state index in [1.807, 2.05) is 0 Å². The standard InChI is InChI=1S/C12H10BrClN4O2/c1-20-9-5-8(14)16-12(17-9)18-11(19)6-3-2-4-7(15)10(6)13/h2-5H,15H2,1H3,(H,16,17,18,19). The third kappa shape index (κ3) is 3.17. The highest BCUT2D eigenvalue weighted by atomic mass is 79.9. The van der Waals surface area contributed by atoms with Gasteiger partial charge in [-0.2, -0.15) is 4.98 Å². The lowest BCUT2D eigenvalue weighted by molar-refractivity contribution is 0.102. The summed E-state index contributed by atoms with van der Waals surface area (Å²) in [6.07, 6.45) is 0. The lowest BCUT2D eigenvalue weighted by Gasteiger charge is -2.08. The van der Waals surface area contributed by atoms with E-state index < -0.39 is 5.91 Å². The van der Waals surface area contributed by atoms with E-state index in [0.29, 0.717) is 15.7 Å². The molecule has 1 aromatic carbocycles. The molecule has 0 radical (unpaired) electrons. The Morgan fingerprint density at radius 1 is 1.45 bits per heavy atom. The summed E-state index contributed by atoms with van der Waals surface area (Å²) in [6, 6.07) is 6.42. The summed E-state index contributed by atoms with van der Waals surface area (Å²) >= 11 is 9.06. The van der Waals surface area contributed by atoms with Gasteiger partial charge in [0.1, 0.15) is 5.15 Å². The number of amides is 1. The summed E-state index contributed by atoms with van der Waals surface area (Å²) in [4.78, 5) is 20.0. The van der Waals surface area contributed by atoms with Crippen LogP contribution in [0.1, 0.15) is 10.4 Å². The summed E-state index contributed by atoms with van der Waals surface area (Å²) < 4.78 is 5.46. The van der Waals surface area contributed by atoms with Crippen molar-refractivity contribution in [2.45, 2.75) is 0 Å². The van der Waals surface area contributed by atoms with Gasteiger partial charge in [-0.15, -0.1) is 0 Å². The fraction of sp³-hybridized carbons (Fsp3) is 0.0833. The zero-order valence-corrected chi connectivity index (χ0v) is 12.7. The fourth-order valence-electron chi connectivity index (χ4n) is 1.45. The van der Waals surface area contributed by atoms with Crippen molar-refractivity contribution in [3.05, 3.63) is 39.5 Å². The Morgan fingerprint density at radius 3 is 2.90 bits per heavy atom. The summed E-state index contributed by atoms with van der Waals surface area (Å²) in [6.45, 7) is 0. The van der Waals surface area contributed by atoms with Gasteiger partial charge >= 0.3 is 0 Å². The van der Waals surface area contributed by atoms with Crippen LogP contribution in [0, 0.1) is 0 Å². The highest BCUT2D eigenvalue weighted by Crippen LogP contribution is 2.24. The van der Waals surface area contributed by atoms with Gasteiger partial charge in [-0.05, 0) is 28.1 Å². The van der Waals surface area contributed by atoms with Gasteiger partial charge in [0.2, 0.25) is 11.8 Å². The average Bonchev–Trinajstić information content (AvgIpc) is 2.41. The van der Waals surface area contributed by atoms with E-state index in [9.17, 15) is 4.79 Å². The average molecular weight is 358 g/mol. The van der Waals surface area contributed by atoms with Gasteiger partial charge in [0, 0.05) is 11.8 Å². The molecular formula is C12H10BrClN4O2. The smallest absolute Gasteiger partial charge is 0.259 e. The number of nitrogens with two attached hydrogens (primary N) is 1. The second kappa shape index (κ2) is 6.06. The van der Waals surface area contributed by atoms with Crippen LogP contribution in [0.2, 0.25) is 5.15 Å². The number of methoxy groups -OCH3 is 1. The van der Waals surface area contributed by atoms with Gasteiger partial charge in [0.05, 0.1) is 17.1 Å². The van der Waals surface area contributed by atoms with Crippen molar-refractivity contribution in [3.63, 3.8) is 0 Å². The molecule has 0 spiro atoms. The molecular weight excluding hydrogens is 348 g/mol. The zero-order valence-electron chi connectivity index (χ0n) is 10.4. The Morgan fingerprint density at radius 2 is 2.20 bits per heavy atom. The van der Waals surface area contributed by atoms with E-state index in [2.05, 4.69) is 31.2 Å². The monoisotopic (exact) mass is 356 g/mol. The SMILES string of the molecule is COc1cc(Cl)nc(NC(=O)c2cccc(N)c2Br)n1. The van der Waals surface area contributed by atoms with Crippen LogP contribution < -0.4 is 15.8 Å². The van der Waals surface area contributed by atoms with Gasteiger partial charge < -0.3 is 10.5 Å². The molecule has 3 N–H and O–H groups in total. The molecule has 6 nitrogen and oxygen atoms in total. The van der Waals surface area contributed by atoms with E-state index in [4.69, 9.17) is 22.1 Å². The largest absolute Gasteiger partial charge is 0.481 e. The van der Waals surface area contributed by atoms with Gasteiger partial charge in [-0.3, -0.25) is 10.1 Å². The van der Waals surface area contributed by atoms with E-state index in [1.165, 1.54) is 13.2 Å². The van der Waals surface area contributed by atoms with Crippen LogP contribution in [-0.2, 0) is 0 Å². The minimum Gasteiger partial charge on any atom is -0.481 e. The lowest BCUT2D eigenvalue weighted by Crippen LogP contribution is -2.15. The molecule has 0 aliphatic carbocycles. The van der Waals surface area contributed by atoms with Gasteiger partial charge in [-0.1, -0.05) is 17.7 Å². The quantitative estimate of drug-likeness (QED) is 0.651. The molecule has 0 saturated carbocycles. The molecule has 1 aromatic heterocycles. The maximum atomic E-state index is 12.1. The normalized spacial score (nSPS) is 10.2. The zero-order chi connectivity index (χ0) is 14.7. The molecule has 0 aliphatic rings.